The summed E-state index contributed by atoms with van der Waals surface area (Å²) in [7, 11) is 0. The summed E-state index contributed by atoms with van der Waals surface area (Å²) >= 11 is 1.62. The van der Waals surface area contributed by atoms with Crippen molar-refractivity contribution in [2.75, 3.05) is 18.0 Å². The van der Waals surface area contributed by atoms with Crippen molar-refractivity contribution < 1.29 is 9.59 Å². The van der Waals surface area contributed by atoms with Crippen molar-refractivity contribution >= 4 is 38.6 Å². The number of hydrogen-bond acceptors (Lipinski definition) is 6. The second-order valence-corrected chi connectivity index (χ2v) is 6.65. The zero-order chi connectivity index (χ0) is 14.4. The summed E-state index contributed by atoms with van der Waals surface area (Å²) in [5.74, 6) is -0.240. The minimum Gasteiger partial charge on any atom is -0.348 e. The Bertz CT molecular complexity index is 700. The lowest BCUT2D eigenvalue weighted by Gasteiger charge is -2.36. The SMILES string of the molecule is O=C1CC2(CCN(c3nc4ncccc4s3)CC2)C(=O)N1. The van der Waals surface area contributed by atoms with Crippen molar-refractivity contribution in [1.29, 1.82) is 0 Å². The van der Waals surface area contributed by atoms with Crippen LogP contribution >= 0.6 is 11.3 Å². The molecule has 7 heteroatoms. The largest absolute Gasteiger partial charge is 0.348 e. The van der Waals surface area contributed by atoms with Gasteiger partial charge in [-0.25, -0.2) is 4.98 Å². The fraction of sp³-hybridized carbons (Fsp3) is 0.429. The topological polar surface area (TPSA) is 75.2 Å². The fourth-order valence-electron chi connectivity index (χ4n) is 3.11. The van der Waals surface area contributed by atoms with Gasteiger partial charge in [0.05, 0.1) is 10.1 Å². The molecule has 4 heterocycles. The number of nitrogens with zero attached hydrogens (tertiary/aromatic N) is 3. The van der Waals surface area contributed by atoms with Gasteiger partial charge in [-0.2, -0.15) is 4.98 Å². The minimum absolute atomic E-state index is 0.0990. The van der Waals surface area contributed by atoms with Crippen molar-refractivity contribution in [3.05, 3.63) is 18.3 Å². The Balaban J connectivity index is 1.55. The van der Waals surface area contributed by atoms with Crippen molar-refractivity contribution in [3.8, 4) is 0 Å². The van der Waals surface area contributed by atoms with E-state index in [2.05, 4.69) is 20.2 Å². The van der Waals surface area contributed by atoms with E-state index in [4.69, 9.17) is 0 Å². The van der Waals surface area contributed by atoms with E-state index < -0.39 is 5.41 Å². The third-order valence-corrected chi connectivity index (χ3v) is 5.45. The molecule has 0 unspecified atom stereocenters. The zero-order valence-electron chi connectivity index (χ0n) is 11.3. The minimum atomic E-state index is -0.484. The number of hydrogen-bond donors (Lipinski definition) is 1. The van der Waals surface area contributed by atoms with E-state index in [1.807, 2.05) is 12.1 Å². The number of pyridine rings is 1. The molecule has 2 fully saturated rings. The summed E-state index contributed by atoms with van der Waals surface area (Å²) in [4.78, 5) is 34.4. The Hall–Kier alpha value is -2.02. The first-order valence-electron chi connectivity index (χ1n) is 6.97. The van der Waals surface area contributed by atoms with Gasteiger partial charge in [-0.05, 0) is 25.0 Å². The van der Waals surface area contributed by atoms with Gasteiger partial charge < -0.3 is 4.90 Å². The summed E-state index contributed by atoms with van der Waals surface area (Å²) in [5.41, 5.74) is 0.286. The van der Waals surface area contributed by atoms with Gasteiger partial charge in [-0.1, -0.05) is 11.3 Å². The van der Waals surface area contributed by atoms with Crippen LogP contribution in [-0.2, 0) is 9.59 Å². The van der Waals surface area contributed by atoms with Crippen LogP contribution in [-0.4, -0.2) is 34.9 Å². The number of fused-ring (bicyclic) bond motifs is 1. The third-order valence-electron chi connectivity index (χ3n) is 4.38. The van der Waals surface area contributed by atoms with Crippen LogP contribution in [0, 0.1) is 5.41 Å². The number of piperidine rings is 1. The maximum Gasteiger partial charge on any atom is 0.233 e. The number of nitrogens with one attached hydrogen (secondary N) is 1. The summed E-state index contributed by atoms with van der Waals surface area (Å²) < 4.78 is 1.07. The average Bonchev–Trinajstić information content (AvgIpc) is 3.02. The lowest BCUT2D eigenvalue weighted by Crippen LogP contribution is -2.43. The van der Waals surface area contributed by atoms with Crippen LogP contribution < -0.4 is 10.2 Å². The predicted octanol–water partition coefficient (Wildman–Crippen LogP) is 1.32. The molecule has 6 nitrogen and oxygen atoms in total. The van der Waals surface area contributed by atoms with Gasteiger partial charge in [0.1, 0.15) is 0 Å². The molecule has 2 aliphatic heterocycles. The highest BCUT2D eigenvalue weighted by Gasteiger charge is 2.48. The van der Waals surface area contributed by atoms with E-state index in [9.17, 15) is 9.59 Å². The molecule has 1 N–H and O–H groups in total. The molecule has 0 aromatic carbocycles. The van der Waals surface area contributed by atoms with E-state index >= 15 is 0 Å². The Morgan fingerprint density at radius 2 is 2.10 bits per heavy atom. The Kier molecular flexibility index (Phi) is 2.72. The lowest BCUT2D eigenvalue weighted by molar-refractivity contribution is -0.129. The lowest BCUT2D eigenvalue weighted by atomic mass is 9.77. The summed E-state index contributed by atoms with van der Waals surface area (Å²) in [6.45, 7) is 1.50. The van der Waals surface area contributed by atoms with Crippen LogP contribution in [0.2, 0.25) is 0 Å². The number of aromatic nitrogens is 2. The standard InChI is InChI=1S/C14H14N4O2S/c19-10-8-14(12(20)16-10)3-6-18(7-4-14)13-17-11-9(21-13)2-1-5-15-11/h1-2,5H,3-4,6-8H2,(H,16,19,20). The number of carbonyl (C=O) groups is 2. The highest BCUT2D eigenvalue weighted by molar-refractivity contribution is 7.22. The number of anilines is 1. The van der Waals surface area contributed by atoms with E-state index in [1.54, 1.807) is 17.5 Å². The van der Waals surface area contributed by atoms with Crippen LogP contribution in [0.5, 0.6) is 0 Å². The molecule has 2 aromatic heterocycles. The van der Waals surface area contributed by atoms with Crippen molar-refractivity contribution in [2.45, 2.75) is 19.3 Å². The first-order chi connectivity index (χ1) is 10.2. The third kappa shape index (κ3) is 1.99. The second kappa shape index (κ2) is 4.49. The highest BCUT2D eigenvalue weighted by Crippen LogP contribution is 2.40. The molecule has 0 saturated carbocycles. The molecule has 108 valence electrons. The van der Waals surface area contributed by atoms with Crippen molar-refractivity contribution in [2.24, 2.45) is 5.41 Å². The van der Waals surface area contributed by atoms with Crippen LogP contribution in [0.4, 0.5) is 5.13 Å². The van der Waals surface area contributed by atoms with E-state index in [1.165, 1.54) is 0 Å². The average molecular weight is 302 g/mol. The highest BCUT2D eigenvalue weighted by atomic mass is 32.1. The first-order valence-corrected chi connectivity index (χ1v) is 7.79. The van der Waals surface area contributed by atoms with Crippen molar-refractivity contribution in [3.63, 3.8) is 0 Å². The molecule has 2 aromatic rings. The number of carbonyl (C=O) groups excluding carboxylic acids is 2. The zero-order valence-corrected chi connectivity index (χ0v) is 12.2. The van der Waals surface area contributed by atoms with Gasteiger partial charge in [0.15, 0.2) is 10.8 Å². The van der Waals surface area contributed by atoms with Gasteiger partial charge in [-0.15, -0.1) is 0 Å². The Morgan fingerprint density at radius 1 is 1.29 bits per heavy atom. The second-order valence-electron chi connectivity index (χ2n) is 5.64. The van der Waals surface area contributed by atoms with Crippen LogP contribution in [0.25, 0.3) is 10.3 Å². The fourth-order valence-corrected chi connectivity index (χ4v) is 4.09. The Labute approximate surface area is 125 Å². The summed E-state index contributed by atoms with van der Waals surface area (Å²) in [6.07, 6.45) is 3.48. The molecule has 1 spiro atoms. The van der Waals surface area contributed by atoms with Gasteiger partial charge in [0, 0.05) is 25.7 Å². The monoisotopic (exact) mass is 302 g/mol. The van der Waals surface area contributed by atoms with Crippen molar-refractivity contribution in [1.82, 2.24) is 15.3 Å². The van der Waals surface area contributed by atoms with Gasteiger partial charge in [-0.3, -0.25) is 14.9 Å². The maximum absolute atomic E-state index is 12.0. The molecule has 2 aliphatic rings. The molecule has 21 heavy (non-hydrogen) atoms. The van der Waals surface area contributed by atoms with E-state index in [-0.39, 0.29) is 11.8 Å². The molecule has 2 amide bonds. The molecule has 0 aliphatic carbocycles. The quantitative estimate of drug-likeness (QED) is 0.804. The number of imide groups is 1. The molecular weight excluding hydrogens is 288 g/mol. The summed E-state index contributed by atoms with van der Waals surface area (Å²) in [6, 6.07) is 3.92. The normalized spacial score (nSPS) is 21.2. The maximum atomic E-state index is 12.0. The number of rotatable bonds is 1. The van der Waals surface area contributed by atoms with Gasteiger partial charge >= 0.3 is 0 Å². The van der Waals surface area contributed by atoms with Gasteiger partial charge in [0.25, 0.3) is 0 Å². The molecular formula is C14H14N4O2S. The Morgan fingerprint density at radius 3 is 2.76 bits per heavy atom. The van der Waals surface area contributed by atoms with Crippen LogP contribution in [0.3, 0.4) is 0 Å². The van der Waals surface area contributed by atoms with Crippen LogP contribution in [0.15, 0.2) is 18.3 Å². The molecule has 0 radical (unpaired) electrons. The molecule has 4 rings (SSSR count). The van der Waals surface area contributed by atoms with E-state index in [0.717, 1.165) is 28.6 Å². The smallest absolute Gasteiger partial charge is 0.233 e. The van der Waals surface area contributed by atoms with Gasteiger partial charge in [0.2, 0.25) is 11.8 Å². The number of thiazole rings is 1. The first kappa shape index (κ1) is 12.7. The molecule has 0 atom stereocenters. The number of amides is 2. The summed E-state index contributed by atoms with van der Waals surface area (Å²) in [5, 5.41) is 3.38. The molecule has 0 bridgehead atoms. The predicted molar refractivity (Wildman–Crippen MR) is 79.1 cm³/mol. The van der Waals surface area contributed by atoms with E-state index in [0.29, 0.717) is 19.3 Å². The van der Waals surface area contributed by atoms with Crippen LogP contribution in [0.1, 0.15) is 19.3 Å². The molecule has 2 saturated heterocycles.